The van der Waals surface area contributed by atoms with Crippen LogP contribution in [0.5, 0.6) is 0 Å². The van der Waals surface area contributed by atoms with Crippen molar-refractivity contribution in [3.05, 3.63) is 99.1 Å². The van der Waals surface area contributed by atoms with E-state index in [-0.39, 0.29) is 11.9 Å². The normalized spacial score (nSPS) is 11.8. The Kier molecular flexibility index (Phi) is 5.98. The number of aromatic nitrogens is 1. The van der Waals surface area contributed by atoms with Crippen LogP contribution in [0.1, 0.15) is 34.6 Å². The zero-order chi connectivity index (χ0) is 18.5. The van der Waals surface area contributed by atoms with Gasteiger partial charge in [0.1, 0.15) is 5.82 Å². The van der Waals surface area contributed by atoms with E-state index in [2.05, 4.69) is 27.6 Å². The zero-order valence-corrected chi connectivity index (χ0v) is 16.4. The molecule has 132 valence electrons. The number of carbonyl (C=O) groups is 1. The summed E-state index contributed by atoms with van der Waals surface area (Å²) >= 11 is 2.06. The first-order chi connectivity index (χ1) is 12.6. The van der Waals surface area contributed by atoms with Crippen molar-refractivity contribution in [1.29, 1.82) is 0 Å². The second-order valence-corrected chi connectivity index (χ2v) is 7.14. The second kappa shape index (κ2) is 8.40. The molecule has 1 unspecified atom stereocenters. The van der Waals surface area contributed by atoms with Gasteiger partial charge in [0, 0.05) is 16.3 Å². The topological polar surface area (TPSA) is 33.2 Å². The molecule has 3 rings (SSSR count). The molecule has 2 aromatic carbocycles. The van der Waals surface area contributed by atoms with Gasteiger partial charge in [0.25, 0.3) is 5.91 Å². The van der Waals surface area contributed by atoms with Crippen LogP contribution in [0.25, 0.3) is 0 Å². The number of carbonyl (C=O) groups excluding carboxylic acids is 1. The van der Waals surface area contributed by atoms with Crippen molar-refractivity contribution in [2.75, 3.05) is 0 Å². The van der Waals surface area contributed by atoms with Crippen LogP contribution in [-0.4, -0.2) is 15.8 Å². The van der Waals surface area contributed by atoms with Crippen molar-refractivity contribution >= 4 is 28.5 Å². The van der Waals surface area contributed by atoms with E-state index in [9.17, 15) is 9.18 Å². The molecule has 0 aliphatic heterocycles. The number of nitrogens with zero attached hydrogens (tertiary/aromatic N) is 2. The minimum Gasteiger partial charge on any atom is -0.326 e. The maximum Gasteiger partial charge on any atom is 0.255 e. The maximum atomic E-state index is 13.7. The molecule has 3 nitrogen and oxygen atoms in total. The summed E-state index contributed by atoms with van der Waals surface area (Å²) in [4.78, 5) is 19.4. The number of halogens is 2. The summed E-state index contributed by atoms with van der Waals surface area (Å²) < 4.78 is 14.5. The molecule has 0 fully saturated rings. The van der Waals surface area contributed by atoms with E-state index in [0.29, 0.717) is 12.1 Å². The first-order valence-electron chi connectivity index (χ1n) is 8.27. The lowest BCUT2D eigenvalue weighted by Gasteiger charge is -2.29. The van der Waals surface area contributed by atoms with Gasteiger partial charge in [0.05, 0.1) is 17.3 Å². The molecule has 0 spiro atoms. The molecule has 0 aliphatic carbocycles. The third-order valence-corrected chi connectivity index (χ3v) is 5.14. The van der Waals surface area contributed by atoms with Crippen LogP contribution in [-0.2, 0) is 6.54 Å². The summed E-state index contributed by atoms with van der Waals surface area (Å²) in [7, 11) is 0. The average Bonchev–Trinajstić information content (AvgIpc) is 2.68. The fraction of sp³-hybridized carbons (Fsp3) is 0.143. The maximum absolute atomic E-state index is 13.7. The van der Waals surface area contributed by atoms with Crippen LogP contribution in [0.3, 0.4) is 0 Å². The Labute approximate surface area is 166 Å². The van der Waals surface area contributed by atoms with E-state index in [1.165, 1.54) is 12.1 Å². The van der Waals surface area contributed by atoms with Gasteiger partial charge < -0.3 is 4.90 Å². The quantitative estimate of drug-likeness (QED) is 0.489. The molecule has 1 amide bonds. The van der Waals surface area contributed by atoms with Gasteiger partial charge in [0.2, 0.25) is 0 Å². The molecule has 5 heteroatoms. The number of hydrogen-bond acceptors (Lipinski definition) is 2. The summed E-state index contributed by atoms with van der Waals surface area (Å²) in [6.07, 6.45) is 1.71. The van der Waals surface area contributed by atoms with E-state index in [1.54, 1.807) is 17.2 Å². The van der Waals surface area contributed by atoms with Gasteiger partial charge in [-0.2, -0.15) is 0 Å². The fourth-order valence-electron chi connectivity index (χ4n) is 2.76. The minimum atomic E-state index is -0.418. The molecular formula is C21H18FIN2O. The Morgan fingerprint density at radius 1 is 1.12 bits per heavy atom. The van der Waals surface area contributed by atoms with Crippen molar-refractivity contribution in [2.24, 2.45) is 0 Å². The van der Waals surface area contributed by atoms with E-state index in [0.717, 1.165) is 14.8 Å². The summed E-state index contributed by atoms with van der Waals surface area (Å²) in [5.74, 6) is -0.630. The summed E-state index contributed by atoms with van der Waals surface area (Å²) in [6, 6.07) is 19.4. The SMILES string of the molecule is CC(c1ccccn1)N(Cc1ccccc1)C(=O)c1cc(F)ccc1I. The Balaban J connectivity index is 1.99. The van der Waals surface area contributed by atoms with Gasteiger partial charge >= 0.3 is 0 Å². The molecule has 0 saturated carbocycles. The Hall–Kier alpha value is -2.28. The molecule has 0 saturated heterocycles. The van der Waals surface area contributed by atoms with Crippen LogP contribution in [0.15, 0.2) is 72.9 Å². The van der Waals surface area contributed by atoms with Crippen LogP contribution in [0.2, 0.25) is 0 Å². The highest BCUT2D eigenvalue weighted by Gasteiger charge is 2.25. The van der Waals surface area contributed by atoms with Gasteiger partial charge in [0.15, 0.2) is 0 Å². The predicted molar refractivity (Wildman–Crippen MR) is 108 cm³/mol. The monoisotopic (exact) mass is 460 g/mol. The van der Waals surface area contributed by atoms with Crippen molar-refractivity contribution in [3.63, 3.8) is 0 Å². The van der Waals surface area contributed by atoms with Crippen molar-refractivity contribution in [2.45, 2.75) is 19.5 Å². The van der Waals surface area contributed by atoms with Crippen molar-refractivity contribution in [3.8, 4) is 0 Å². The molecule has 1 atom stereocenters. The summed E-state index contributed by atoms with van der Waals surface area (Å²) in [5.41, 5.74) is 2.17. The van der Waals surface area contributed by atoms with E-state index in [4.69, 9.17) is 0 Å². The van der Waals surface area contributed by atoms with Gasteiger partial charge in [-0.05, 0) is 65.4 Å². The standard InChI is InChI=1S/C21H18FIN2O/c1-15(20-9-5-6-12-24-20)25(14-16-7-3-2-4-8-16)21(26)18-13-17(22)10-11-19(18)23/h2-13,15H,14H2,1H3. The van der Waals surface area contributed by atoms with E-state index >= 15 is 0 Å². The second-order valence-electron chi connectivity index (χ2n) is 5.97. The smallest absolute Gasteiger partial charge is 0.255 e. The predicted octanol–water partition coefficient (Wildman–Crippen LogP) is 5.23. The van der Waals surface area contributed by atoms with Crippen LogP contribution < -0.4 is 0 Å². The van der Waals surface area contributed by atoms with E-state index in [1.807, 2.05) is 55.5 Å². The summed E-state index contributed by atoms with van der Waals surface area (Å²) in [6.45, 7) is 2.36. The molecule has 0 radical (unpaired) electrons. The third-order valence-electron chi connectivity index (χ3n) is 4.20. The summed E-state index contributed by atoms with van der Waals surface area (Å²) in [5, 5.41) is 0. The molecule has 0 N–H and O–H groups in total. The lowest BCUT2D eigenvalue weighted by Crippen LogP contribution is -2.34. The number of pyridine rings is 1. The van der Waals surface area contributed by atoms with Crippen molar-refractivity contribution in [1.82, 2.24) is 9.88 Å². The van der Waals surface area contributed by atoms with Gasteiger partial charge in [-0.1, -0.05) is 36.4 Å². The molecular weight excluding hydrogens is 442 g/mol. The van der Waals surface area contributed by atoms with E-state index < -0.39 is 5.82 Å². The Morgan fingerprint density at radius 3 is 2.54 bits per heavy atom. The lowest BCUT2D eigenvalue weighted by atomic mass is 10.1. The van der Waals surface area contributed by atoms with Crippen molar-refractivity contribution < 1.29 is 9.18 Å². The number of rotatable bonds is 5. The number of hydrogen-bond donors (Lipinski definition) is 0. The van der Waals surface area contributed by atoms with Gasteiger partial charge in [-0.25, -0.2) is 4.39 Å². The van der Waals surface area contributed by atoms with Crippen LogP contribution in [0.4, 0.5) is 4.39 Å². The largest absolute Gasteiger partial charge is 0.326 e. The fourth-order valence-corrected chi connectivity index (χ4v) is 3.33. The first-order valence-corrected chi connectivity index (χ1v) is 9.35. The molecule has 26 heavy (non-hydrogen) atoms. The van der Waals surface area contributed by atoms with Gasteiger partial charge in [-0.3, -0.25) is 9.78 Å². The molecule has 1 heterocycles. The van der Waals surface area contributed by atoms with Crippen LogP contribution in [0, 0.1) is 9.39 Å². The van der Waals surface area contributed by atoms with Crippen LogP contribution >= 0.6 is 22.6 Å². The third kappa shape index (κ3) is 4.27. The molecule has 1 aromatic heterocycles. The average molecular weight is 460 g/mol. The Morgan fingerprint density at radius 2 is 1.85 bits per heavy atom. The molecule has 0 bridgehead atoms. The highest BCUT2D eigenvalue weighted by molar-refractivity contribution is 14.1. The zero-order valence-electron chi connectivity index (χ0n) is 14.3. The highest BCUT2D eigenvalue weighted by Crippen LogP contribution is 2.25. The lowest BCUT2D eigenvalue weighted by molar-refractivity contribution is 0.0668. The number of amides is 1. The highest BCUT2D eigenvalue weighted by atomic mass is 127. The Bertz CT molecular complexity index is 887. The minimum absolute atomic E-state index is 0.212. The number of benzene rings is 2. The molecule has 3 aromatic rings. The first kappa shape index (κ1) is 18.5. The molecule has 0 aliphatic rings. The van der Waals surface area contributed by atoms with Gasteiger partial charge in [-0.15, -0.1) is 0 Å².